The van der Waals surface area contributed by atoms with Crippen molar-refractivity contribution in [1.82, 2.24) is 5.32 Å². The smallest absolute Gasteiger partial charge is 0.251 e. The number of hydrogen-bond acceptors (Lipinski definition) is 12. The van der Waals surface area contributed by atoms with Crippen LogP contribution in [0.25, 0.3) is 0 Å². The molecular formula is C17H35NO12Si. The molecule has 9 atom stereocenters. The van der Waals surface area contributed by atoms with E-state index in [-0.39, 0.29) is 6.54 Å². The first-order chi connectivity index (χ1) is 14.7. The van der Waals surface area contributed by atoms with Crippen LogP contribution in [0.5, 0.6) is 0 Å². The molecule has 0 saturated carbocycles. The Morgan fingerprint density at radius 1 is 1.13 bits per heavy atom. The van der Waals surface area contributed by atoms with Gasteiger partial charge in [-0.3, -0.25) is 4.79 Å². The molecule has 0 radical (unpaired) electrons. The van der Waals surface area contributed by atoms with Crippen molar-refractivity contribution in [3.05, 3.63) is 0 Å². The number of ether oxygens (including phenoxy) is 2. The van der Waals surface area contributed by atoms with E-state index in [1.165, 1.54) is 0 Å². The number of hydrogen-bond donors (Lipinski definition) is 9. The Morgan fingerprint density at radius 3 is 2.39 bits per heavy atom. The molecule has 1 aliphatic heterocycles. The number of amides is 1. The maximum Gasteiger partial charge on any atom is 0.251 e. The third-order valence-corrected chi connectivity index (χ3v) is 6.34. The Bertz CT molecular complexity index is 516. The van der Waals surface area contributed by atoms with Gasteiger partial charge in [-0.05, 0) is 19.4 Å². The van der Waals surface area contributed by atoms with Crippen LogP contribution >= 0.6 is 0 Å². The Kier molecular flexibility index (Phi) is 13.1. The molecule has 0 spiro atoms. The SMILES string of the molecule is CCO[SiH2]CCCNC(=O)C(O)C(O)C(OC1OC(CO)C(O)C(O)C1O)C(O)CO. The van der Waals surface area contributed by atoms with E-state index >= 15 is 0 Å². The van der Waals surface area contributed by atoms with Gasteiger partial charge in [0.25, 0.3) is 5.91 Å². The van der Waals surface area contributed by atoms with E-state index in [1.807, 2.05) is 6.92 Å². The fraction of sp³-hybridized carbons (Fsp3) is 0.941. The summed E-state index contributed by atoms with van der Waals surface area (Å²) in [5.41, 5.74) is 0. The largest absolute Gasteiger partial charge is 0.424 e. The monoisotopic (exact) mass is 473 g/mol. The van der Waals surface area contributed by atoms with E-state index in [0.717, 1.165) is 6.04 Å². The van der Waals surface area contributed by atoms with Crippen molar-refractivity contribution in [1.29, 1.82) is 0 Å². The van der Waals surface area contributed by atoms with Gasteiger partial charge in [0.05, 0.1) is 13.2 Å². The van der Waals surface area contributed by atoms with Crippen LogP contribution in [-0.2, 0) is 18.7 Å². The van der Waals surface area contributed by atoms with Gasteiger partial charge in [0, 0.05) is 13.2 Å². The quantitative estimate of drug-likeness (QED) is 0.0851. The molecule has 184 valence electrons. The lowest BCUT2D eigenvalue weighted by atomic mass is 9.98. The Balaban J connectivity index is 2.73. The zero-order valence-electron chi connectivity index (χ0n) is 17.4. The highest BCUT2D eigenvalue weighted by molar-refractivity contribution is 6.26. The van der Waals surface area contributed by atoms with Crippen LogP contribution in [0.4, 0.5) is 0 Å². The van der Waals surface area contributed by atoms with Gasteiger partial charge >= 0.3 is 0 Å². The fourth-order valence-electron chi connectivity index (χ4n) is 2.96. The second-order valence-electron chi connectivity index (χ2n) is 7.18. The first-order valence-electron chi connectivity index (χ1n) is 10.2. The molecule has 9 unspecified atom stereocenters. The fourth-order valence-corrected chi connectivity index (χ4v) is 3.91. The zero-order chi connectivity index (χ0) is 23.6. The lowest BCUT2D eigenvalue weighted by molar-refractivity contribution is -0.326. The molecule has 1 saturated heterocycles. The molecule has 0 aromatic heterocycles. The van der Waals surface area contributed by atoms with E-state index in [9.17, 15) is 45.6 Å². The van der Waals surface area contributed by atoms with Crippen molar-refractivity contribution in [2.24, 2.45) is 0 Å². The summed E-state index contributed by atoms with van der Waals surface area (Å²) in [5.74, 6) is -0.946. The predicted octanol–water partition coefficient (Wildman–Crippen LogP) is -5.71. The molecule has 1 amide bonds. The number of nitrogens with one attached hydrogen (secondary N) is 1. The Morgan fingerprint density at radius 2 is 1.81 bits per heavy atom. The van der Waals surface area contributed by atoms with Gasteiger partial charge in [0.2, 0.25) is 0 Å². The van der Waals surface area contributed by atoms with E-state index in [2.05, 4.69) is 5.32 Å². The van der Waals surface area contributed by atoms with E-state index in [1.54, 1.807) is 0 Å². The highest BCUT2D eigenvalue weighted by Gasteiger charge is 2.47. The summed E-state index contributed by atoms with van der Waals surface area (Å²) in [6, 6.07) is 0.804. The van der Waals surface area contributed by atoms with Crippen LogP contribution in [0.15, 0.2) is 0 Å². The summed E-state index contributed by atoms with van der Waals surface area (Å²) >= 11 is 0. The Labute approximate surface area is 182 Å². The maximum atomic E-state index is 12.1. The van der Waals surface area contributed by atoms with Gasteiger partial charge in [-0.25, -0.2) is 0 Å². The lowest BCUT2D eigenvalue weighted by Crippen LogP contribution is -2.62. The molecule has 31 heavy (non-hydrogen) atoms. The first-order valence-corrected chi connectivity index (χ1v) is 11.7. The van der Waals surface area contributed by atoms with Crippen molar-refractivity contribution in [2.45, 2.75) is 74.5 Å². The van der Waals surface area contributed by atoms with Gasteiger partial charge in [-0.2, -0.15) is 0 Å². The number of aliphatic hydroxyl groups is 8. The molecule has 1 rings (SSSR count). The van der Waals surface area contributed by atoms with Crippen LogP contribution < -0.4 is 5.32 Å². The molecule has 1 heterocycles. The number of carbonyl (C=O) groups is 1. The topological polar surface area (TPSA) is 219 Å². The molecular weight excluding hydrogens is 438 g/mol. The van der Waals surface area contributed by atoms with Gasteiger partial charge in [-0.15, -0.1) is 0 Å². The zero-order valence-corrected chi connectivity index (χ0v) is 18.8. The van der Waals surface area contributed by atoms with Crippen molar-refractivity contribution >= 4 is 15.7 Å². The minimum Gasteiger partial charge on any atom is -0.424 e. The van der Waals surface area contributed by atoms with E-state index < -0.39 is 84.0 Å². The molecule has 9 N–H and O–H groups in total. The summed E-state index contributed by atoms with van der Waals surface area (Å²) in [5, 5.41) is 81.0. The maximum absolute atomic E-state index is 12.1. The van der Waals surface area contributed by atoms with Gasteiger partial charge in [0.1, 0.15) is 42.7 Å². The Hall–Kier alpha value is -0.753. The van der Waals surface area contributed by atoms with Crippen molar-refractivity contribution in [3.63, 3.8) is 0 Å². The minimum absolute atomic E-state index is 0.226. The average Bonchev–Trinajstić information content (AvgIpc) is 2.77. The summed E-state index contributed by atoms with van der Waals surface area (Å²) in [6.07, 6.45) is -15.5. The highest BCUT2D eigenvalue weighted by Crippen LogP contribution is 2.25. The number of carbonyl (C=O) groups excluding carboxylic acids is 1. The molecule has 0 aromatic rings. The average molecular weight is 474 g/mol. The van der Waals surface area contributed by atoms with E-state index in [4.69, 9.17) is 13.9 Å². The van der Waals surface area contributed by atoms with Crippen LogP contribution in [0.1, 0.15) is 13.3 Å². The second-order valence-corrected chi connectivity index (χ2v) is 8.70. The normalized spacial score (nSPS) is 30.8. The van der Waals surface area contributed by atoms with Gasteiger partial charge in [-0.1, -0.05) is 0 Å². The predicted molar refractivity (Wildman–Crippen MR) is 106 cm³/mol. The summed E-state index contributed by atoms with van der Waals surface area (Å²) < 4.78 is 15.7. The number of rotatable bonds is 14. The van der Waals surface area contributed by atoms with Crippen LogP contribution in [0.3, 0.4) is 0 Å². The highest BCUT2D eigenvalue weighted by atomic mass is 28.2. The van der Waals surface area contributed by atoms with Crippen molar-refractivity contribution in [2.75, 3.05) is 26.4 Å². The molecule has 14 heteroatoms. The van der Waals surface area contributed by atoms with Gasteiger partial charge in [0.15, 0.2) is 22.2 Å². The summed E-state index contributed by atoms with van der Waals surface area (Å²) in [6.45, 7) is 1.07. The third-order valence-electron chi connectivity index (χ3n) is 4.85. The lowest BCUT2D eigenvalue weighted by Gasteiger charge is -2.42. The third kappa shape index (κ3) is 8.27. The van der Waals surface area contributed by atoms with Crippen molar-refractivity contribution < 1.29 is 59.5 Å². The molecule has 1 fully saturated rings. The van der Waals surface area contributed by atoms with Crippen molar-refractivity contribution in [3.8, 4) is 0 Å². The molecule has 1 aliphatic rings. The molecule has 0 bridgehead atoms. The summed E-state index contributed by atoms with van der Waals surface area (Å²) in [7, 11) is -0.668. The second kappa shape index (κ2) is 14.4. The van der Waals surface area contributed by atoms with E-state index in [0.29, 0.717) is 13.0 Å². The van der Waals surface area contributed by atoms with Crippen LogP contribution in [0, 0.1) is 0 Å². The van der Waals surface area contributed by atoms with Crippen LogP contribution in [0.2, 0.25) is 6.04 Å². The minimum atomic E-state index is -2.06. The van der Waals surface area contributed by atoms with Gasteiger partial charge < -0.3 is 60.1 Å². The first kappa shape index (κ1) is 28.3. The molecule has 0 aromatic carbocycles. The molecule has 13 nitrogen and oxygen atoms in total. The van der Waals surface area contributed by atoms with Crippen LogP contribution in [-0.4, -0.2) is 138 Å². The molecule has 0 aliphatic carbocycles. The number of aliphatic hydroxyl groups excluding tert-OH is 8. The summed E-state index contributed by atoms with van der Waals surface area (Å²) in [4.78, 5) is 12.1. The standard InChI is InChI=1S/C17H35NO12Si/c1-2-28-31-5-3-4-18-16(27)13(25)12(24)15(8(21)6-19)30-17-14(26)11(23)10(22)9(7-20)29-17/h8-15,17,19-26H,2-7,31H2,1H3,(H,18,27).